The molecular weight excluding hydrogens is 243 g/mol. The van der Waals surface area contributed by atoms with Gasteiger partial charge in [0.2, 0.25) is 0 Å². The van der Waals surface area contributed by atoms with Crippen molar-refractivity contribution in [3.05, 3.63) is 52.7 Å². The van der Waals surface area contributed by atoms with Crippen LogP contribution >= 0.6 is 0 Å². The van der Waals surface area contributed by atoms with E-state index in [9.17, 15) is 4.39 Å². The van der Waals surface area contributed by atoms with Crippen LogP contribution in [0.1, 0.15) is 29.6 Å². The van der Waals surface area contributed by atoms with Gasteiger partial charge in [0.25, 0.3) is 0 Å². The van der Waals surface area contributed by atoms with Gasteiger partial charge in [0.15, 0.2) is 0 Å². The molecule has 0 saturated heterocycles. The molecule has 0 saturated carbocycles. The average molecular weight is 260 g/mol. The van der Waals surface area contributed by atoms with E-state index in [0.717, 1.165) is 23.2 Å². The molecule has 0 amide bonds. The molecule has 2 aromatic rings. The number of hydrogen-bond donors (Lipinski definition) is 2. The van der Waals surface area contributed by atoms with Crippen molar-refractivity contribution in [3.63, 3.8) is 0 Å². The number of nitrogens with one attached hydrogen (secondary N) is 1. The molecule has 100 valence electrons. The zero-order valence-electron chi connectivity index (χ0n) is 11.1. The molecule has 0 spiro atoms. The van der Waals surface area contributed by atoms with Crippen LogP contribution in [0, 0.1) is 12.7 Å². The number of nitrogens with two attached hydrogens (primary N) is 1. The molecule has 1 aromatic carbocycles. The van der Waals surface area contributed by atoms with Gasteiger partial charge in [-0.3, -0.25) is 0 Å². The lowest BCUT2D eigenvalue weighted by molar-refractivity contribution is 0.625. The molecule has 0 aliphatic rings. The van der Waals surface area contributed by atoms with E-state index in [0.29, 0.717) is 18.1 Å². The molecule has 0 aliphatic carbocycles. The number of aromatic nitrogens is 2. The van der Waals surface area contributed by atoms with E-state index in [2.05, 4.69) is 15.4 Å². The minimum absolute atomic E-state index is 0.253. The van der Waals surface area contributed by atoms with Gasteiger partial charge in [-0.25, -0.2) is 20.2 Å². The quantitative estimate of drug-likeness (QED) is 0.654. The molecule has 2 rings (SSSR count). The van der Waals surface area contributed by atoms with Crippen molar-refractivity contribution in [3.8, 4) is 0 Å². The van der Waals surface area contributed by atoms with Crippen LogP contribution in [-0.4, -0.2) is 9.97 Å². The zero-order chi connectivity index (χ0) is 13.8. The normalized spacial score (nSPS) is 10.5. The van der Waals surface area contributed by atoms with E-state index in [1.807, 2.05) is 19.9 Å². The van der Waals surface area contributed by atoms with E-state index in [4.69, 9.17) is 5.84 Å². The van der Waals surface area contributed by atoms with E-state index >= 15 is 0 Å². The predicted octanol–water partition coefficient (Wildman–Crippen LogP) is 2.36. The Bertz CT molecular complexity index is 584. The molecule has 0 atom stereocenters. The minimum atomic E-state index is -0.253. The van der Waals surface area contributed by atoms with Crippen LogP contribution < -0.4 is 11.3 Å². The largest absolute Gasteiger partial charge is 0.308 e. The topological polar surface area (TPSA) is 63.8 Å². The molecule has 0 fully saturated rings. The lowest BCUT2D eigenvalue weighted by atomic mass is 10.1. The Morgan fingerprint density at radius 3 is 2.74 bits per heavy atom. The molecule has 4 nitrogen and oxygen atoms in total. The highest BCUT2D eigenvalue weighted by molar-refractivity contribution is 5.45. The summed E-state index contributed by atoms with van der Waals surface area (Å²) in [5.41, 5.74) is 5.34. The first kappa shape index (κ1) is 13.4. The van der Waals surface area contributed by atoms with Gasteiger partial charge in [0.05, 0.1) is 0 Å². The highest BCUT2D eigenvalue weighted by Crippen LogP contribution is 2.17. The van der Waals surface area contributed by atoms with Crippen molar-refractivity contribution < 1.29 is 4.39 Å². The third-order valence-corrected chi connectivity index (χ3v) is 3.00. The van der Waals surface area contributed by atoms with E-state index in [1.54, 1.807) is 6.07 Å². The van der Waals surface area contributed by atoms with Crippen molar-refractivity contribution in [2.45, 2.75) is 26.7 Å². The molecule has 1 aromatic heterocycles. The van der Waals surface area contributed by atoms with E-state index in [-0.39, 0.29) is 5.82 Å². The highest BCUT2D eigenvalue weighted by atomic mass is 19.1. The van der Waals surface area contributed by atoms with Crippen LogP contribution in [-0.2, 0) is 12.8 Å². The van der Waals surface area contributed by atoms with Crippen LogP contribution in [0.25, 0.3) is 0 Å². The number of rotatable bonds is 4. The maximum absolute atomic E-state index is 13.1. The summed E-state index contributed by atoms with van der Waals surface area (Å²) >= 11 is 0. The van der Waals surface area contributed by atoms with Crippen LogP contribution in [0.5, 0.6) is 0 Å². The molecule has 19 heavy (non-hydrogen) atoms. The zero-order valence-corrected chi connectivity index (χ0v) is 11.1. The summed E-state index contributed by atoms with van der Waals surface area (Å²) in [6.45, 7) is 3.95. The second-order valence-corrected chi connectivity index (χ2v) is 4.36. The Morgan fingerprint density at radius 1 is 1.32 bits per heavy atom. The number of nitrogen functional groups attached to an aromatic ring is 1. The average Bonchev–Trinajstić information content (AvgIpc) is 2.38. The molecule has 0 unspecified atom stereocenters. The third kappa shape index (κ3) is 3.06. The summed E-state index contributed by atoms with van der Waals surface area (Å²) in [7, 11) is 0. The molecule has 5 heteroatoms. The number of benzene rings is 1. The van der Waals surface area contributed by atoms with Gasteiger partial charge >= 0.3 is 0 Å². The van der Waals surface area contributed by atoms with Gasteiger partial charge in [-0.15, -0.1) is 0 Å². The Balaban J connectivity index is 2.33. The standard InChI is InChI=1S/C14H17FN4/c1-3-12-9(2)17-13(18-14(12)19-16)8-10-5-4-6-11(15)7-10/h4-7H,3,8,16H2,1-2H3,(H,17,18,19). The Labute approximate surface area is 111 Å². The van der Waals surface area contributed by atoms with Gasteiger partial charge in [0, 0.05) is 17.7 Å². The third-order valence-electron chi connectivity index (χ3n) is 3.00. The number of hydrazine groups is 1. The Hall–Kier alpha value is -2.01. The number of halogens is 1. The number of aryl methyl sites for hydroxylation is 1. The minimum Gasteiger partial charge on any atom is -0.308 e. The summed E-state index contributed by atoms with van der Waals surface area (Å²) in [5.74, 6) is 6.50. The fourth-order valence-electron chi connectivity index (χ4n) is 2.11. The highest BCUT2D eigenvalue weighted by Gasteiger charge is 2.10. The van der Waals surface area contributed by atoms with Crippen LogP contribution in [0.4, 0.5) is 10.2 Å². The Kier molecular flexibility index (Phi) is 4.06. The van der Waals surface area contributed by atoms with Crippen molar-refractivity contribution in [2.75, 3.05) is 5.43 Å². The number of hydrogen-bond acceptors (Lipinski definition) is 4. The van der Waals surface area contributed by atoms with E-state index in [1.165, 1.54) is 12.1 Å². The lowest BCUT2D eigenvalue weighted by Crippen LogP contribution is -2.14. The molecule has 0 bridgehead atoms. The molecule has 0 radical (unpaired) electrons. The smallest absolute Gasteiger partial charge is 0.147 e. The van der Waals surface area contributed by atoms with Gasteiger partial charge in [-0.05, 0) is 31.0 Å². The summed E-state index contributed by atoms with van der Waals surface area (Å²) in [5, 5.41) is 0. The first-order valence-corrected chi connectivity index (χ1v) is 6.21. The second kappa shape index (κ2) is 5.75. The fourth-order valence-corrected chi connectivity index (χ4v) is 2.11. The van der Waals surface area contributed by atoms with Crippen molar-refractivity contribution >= 4 is 5.82 Å². The Morgan fingerprint density at radius 2 is 2.11 bits per heavy atom. The molecular formula is C14H17FN4. The van der Waals surface area contributed by atoms with E-state index < -0.39 is 0 Å². The van der Waals surface area contributed by atoms with Crippen LogP contribution in [0.15, 0.2) is 24.3 Å². The van der Waals surface area contributed by atoms with Gasteiger partial charge in [-0.1, -0.05) is 19.1 Å². The van der Waals surface area contributed by atoms with Crippen LogP contribution in [0.2, 0.25) is 0 Å². The number of anilines is 1. The first-order chi connectivity index (χ1) is 9.13. The molecule has 3 N–H and O–H groups in total. The summed E-state index contributed by atoms with van der Waals surface area (Å²) < 4.78 is 13.1. The van der Waals surface area contributed by atoms with Crippen molar-refractivity contribution in [1.82, 2.24) is 9.97 Å². The van der Waals surface area contributed by atoms with Crippen LogP contribution in [0.3, 0.4) is 0 Å². The molecule has 0 aliphatic heterocycles. The monoisotopic (exact) mass is 260 g/mol. The van der Waals surface area contributed by atoms with Gasteiger partial charge < -0.3 is 5.43 Å². The molecule has 1 heterocycles. The summed E-state index contributed by atoms with van der Waals surface area (Å²) in [6, 6.07) is 6.44. The first-order valence-electron chi connectivity index (χ1n) is 6.21. The SMILES string of the molecule is CCc1c(C)nc(Cc2cccc(F)c2)nc1NN. The van der Waals surface area contributed by atoms with Crippen molar-refractivity contribution in [2.24, 2.45) is 5.84 Å². The maximum Gasteiger partial charge on any atom is 0.147 e. The van der Waals surface area contributed by atoms with Crippen molar-refractivity contribution in [1.29, 1.82) is 0 Å². The fraction of sp³-hybridized carbons (Fsp3) is 0.286. The summed E-state index contributed by atoms with van der Waals surface area (Å²) in [4.78, 5) is 8.83. The van der Waals surface area contributed by atoms with Gasteiger partial charge in [-0.2, -0.15) is 0 Å². The maximum atomic E-state index is 13.1. The summed E-state index contributed by atoms with van der Waals surface area (Å²) in [6.07, 6.45) is 1.29. The lowest BCUT2D eigenvalue weighted by Gasteiger charge is -2.11. The predicted molar refractivity (Wildman–Crippen MR) is 73.2 cm³/mol. The number of nitrogens with zero attached hydrogens (tertiary/aromatic N) is 2. The second-order valence-electron chi connectivity index (χ2n) is 4.36. The van der Waals surface area contributed by atoms with Gasteiger partial charge in [0.1, 0.15) is 17.5 Å².